The Balaban J connectivity index is 1.40. The van der Waals surface area contributed by atoms with Gasteiger partial charge in [-0.2, -0.15) is 0 Å². The normalized spacial score (nSPS) is 16.4. The third-order valence-electron chi connectivity index (χ3n) is 9.82. The van der Waals surface area contributed by atoms with Gasteiger partial charge in [0.15, 0.2) is 0 Å². The van der Waals surface area contributed by atoms with Crippen molar-refractivity contribution in [3.63, 3.8) is 0 Å². The van der Waals surface area contributed by atoms with E-state index in [-0.39, 0.29) is 5.41 Å². The first-order chi connectivity index (χ1) is 20.4. The van der Waals surface area contributed by atoms with Crippen LogP contribution in [0.1, 0.15) is 22.3 Å². The van der Waals surface area contributed by atoms with Crippen molar-refractivity contribution in [3.8, 4) is 55.6 Å². The van der Waals surface area contributed by atoms with E-state index in [1.165, 1.54) is 88.7 Å². The molecule has 1 spiro atoms. The predicted octanol–water partition coefficient (Wildman–Crippen LogP) is 10.5. The summed E-state index contributed by atoms with van der Waals surface area (Å²) in [5.74, 6) is 0. The maximum Gasteiger partial charge on any atom is 0.0726 e. The fourth-order valence-corrected chi connectivity index (χ4v) is 8.30. The zero-order valence-electron chi connectivity index (χ0n) is 22.4. The van der Waals surface area contributed by atoms with Crippen molar-refractivity contribution in [1.29, 1.82) is 0 Å². The van der Waals surface area contributed by atoms with Crippen molar-refractivity contribution in [2.24, 2.45) is 0 Å². The molecule has 0 heterocycles. The molecule has 0 amide bonds. The average molecular weight is 517 g/mol. The van der Waals surface area contributed by atoms with Crippen LogP contribution in [0.4, 0.5) is 0 Å². The van der Waals surface area contributed by atoms with Gasteiger partial charge < -0.3 is 0 Å². The van der Waals surface area contributed by atoms with Crippen LogP contribution >= 0.6 is 0 Å². The Hall–Kier alpha value is -5.20. The van der Waals surface area contributed by atoms with E-state index in [0.29, 0.717) is 0 Å². The smallest absolute Gasteiger partial charge is 0.0622 e. The van der Waals surface area contributed by atoms with Crippen LogP contribution in [0, 0.1) is 0 Å². The van der Waals surface area contributed by atoms with Crippen molar-refractivity contribution in [2.45, 2.75) is 5.41 Å². The van der Waals surface area contributed by atoms with Crippen LogP contribution < -0.4 is 0 Å². The number of hydrogen-bond donors (Lipinski definition) is 0. The molecule has 10 rings (SSSR count). The molecule has 1 atom stereocenters. The maximum atomic E-state index is 2.55. The third kappa shape index (κ3) is 2.48. The molecular formula is C41H24. The summed E-state index contributed by atoms with van der Waals surface area (Å²) < 4.78 is 0. The largest absolute Gasteiger partial charge is 0.0726 e. The highest BCUT2D eigenvalue weighted by molar-refractivity contribution is 6.21. The van der Waals surface area contributed by atoms with Gasteiger partial charge in [-0.1, -0.05) is 133 Å². The zero-order valence-corrected chi connectivity index (χ0v) is 22.4. The minimum absolute atomic E-state index is 0.374. The van der Waals surface area contributed by atoms with Crippen LogP contribution in [0.3, 0.4) is 0 Å². The van der Waals surface area contributed by atoms with Gasteiger partial charge in [0.1, 0.15) is 0 Å². The molecular weight excluding hydrogens is 492 g/mol. The van der Waals surface area contributed by atoms with Crippen molar-refractivity contribution < 1.29 is 0 Å². The van der Waals surface area contributed by atoms with Crippen LogP contribution in [0.5, 0.6) is 0 Å². The zero-order chi connectivity index (χ0) is 26.7. The van der Waals surface area contributed by atoms with E-state index in [0.717, 1.165) is 0 Å². The lowest BCUT2D eigenvalue weighted by molar-refractivity contribution is 0.795. The molecule has 0 radical (unpaired) electrons. The fourth-order valence-electron chi connectivity index (χ4n) is 8.30. The highest BCUT2D eigenvalue weighted by Crippen LogP contribution is 2.65. The molecule has 7 aromatic rings. The van der Waals surface area contributed by atoms with Crippen molar-refractivity contribution in [3.05, 3.63) is 168 Å². The van der Waals surface area contributed by atoms with Gasteiger partial charge in [0.05, 0.1) is 5.41 Å². The number of benzene rings is 7. The van der Waals surface area contributed by atoms with Gasteiger partial charge in [-0.25, -0.2) is 0 Å². The molecule has 0 bridgehead atoms. The summed E-state index contributed by atoms with van der Waals surface area (Å²) >= 11 is 0. The standard InChI is InChI=1S/C41H24/c1-2-11-25(12-3-1)26-21-22-30-29-15-6-8-19-35(29)41(37(30)23-26)36-20-9-7-16-32(36)40-33-18-10-17-31-27-13-4-5-14-28(27)34(39(31)33)24-38(40)41/h1-24H. The molecule has 0 saturated carbocycles. The van der Waals surface area contributed by atoms with E-state index in [9.17, 15) is 0 Å². The summed E-state index contributed by atoms with van der Waals surface area (Å²) in [5.41, 5.74) is 18.6. The summed E-state index contributed by atoms with van der Waals surface area (Å²) in [4.78, 5) is 0. The fraction of sp³-hybridized carbons (Fsp3) is 0.0244. The summed E-state index contributed by atoms with van der Waals surface area (Å²) in [6.45, 7) is 0. The Morgan fingerprint density at radius 2 is 0.927 bits per heavy atom. The van der Waals surface area contributed by atoms with E-state index in [4.69, 9.17) is 0 Å². The molecule has 1 unspecified atom stereocenters. The summed E-state index contributed by atoms with van der Waals surface area (Å²) in [6, 6.07) is 54.6. The Morgan fingerprint density at radius 3 is 1.73 bits per heavy atom. The molecule has 0 aliphatic heterocycles. The third-order valence-corrected chi connectivity index (χ3v) is 9.82. The number of hydrogen-bond acceptors (Lipinski definition) is 0. The average Bonchev–Trinajstić information content (AvgIpc) is 3.64. The second-order valence-corrected chi connectivity index (χ2v) is 11.6. The van der Waals surface area contributed by atoms with Crippen molar-refractivity contribution in [1.82, 2.24) is 0 Å². The van der Waals surface area contributed by atoms with E-state index in [1.54, 1.807) is 0 Å². The van der Waals surface area contributed by atoms with E-state index < -0.39 is 0 Å². The van der Waals surface area contributed by atoms with E-state index >= 15 is 0 Å². The minimum Gasteiger partial charge on any atom is -0.0622 e. The molecule has 0 nitrogen and oxygen atoms in total. The van der Waals surface area contributed by atoms with Crippen LogP contribution in [0.25, 0.3) is 66.4 Å². The topological polar surface area (TPSA) is 0 Å². The lowest BCUT2D eigenvalue weighted by atomic mass is 9.69. The summed E-state index contributed by atoms with van der Waals surface area (Å²) in [7, 11) is 0. The first kappa shape index (κ1) is 21.6. The Morgan fingerprint density at radius 1 is 0.317 bits per heavy atom. The Bertz CT molecular complexity index is 2250. The van der Waals surface area contributed by atoms with Gasteiger partial charge in [0.2, 0.25) is 0 Å². The Kier molecular flexibility index (Phi) is 3.95. The molecule has 7 aromatic carbocycles. The first-order valence-electron chi connectivity index (χ1n) is 14.5. The molecule has 0 aromatic heterocycles. The second kappa shape index (κ2) is 7.50. The molecule has 188 valence electrons. The Labute approximate surface area is 239 Å². The maximum absolute atomic E-state index is 2.55. The van der Waals surface area contributed by atoms with Crippen LogP contribution in [-0.4, -0.2) is 0 Å². The second-order valence-electron chi connectivity index (χ2n) is 11.6. The van der Waals surface area contributed by atoms with Crippen molar-refractivity contribution >= 4 is 10.8 Å². The molecule has 3 aliphatic carbocycles. The molecule has 0 N–H and O–H groups in total. The monoisotopic (exact) mass is 516 g/mol. The van der Waals surface area contributed by atoms with Gasteiger partial charge in [-0.15, -0.1) is 0 Å². The van der Waals surface area contributed by atoms with Gasteiger partial charge in [-0.3, -0.25) is 0 Å². The number of rotatable bonds is 1. The highest BCUT2D eigenvalue weighted by atomic mass is 14.5. The quantitative estimate of drug-likeness (QED) is 0.204. The minimum atomic E-state index is -0.374. The van der Waals surface area contributed by atoms with Gasteiger partial charge in [-0.05, 0) is 101 Å². The van der Waals surface area contributed by atoms with Crippen LogP contribution in [-0.2, 0) is 5.41 Å². The molecule has 3 aliphatic rings. The van der Waals surface area contributed by atoms with Gasteiger partial charge >= 0.3 is 0 Å². The highest BCUT2D eigenvalue weighted by Gasteiger charge is 2.52. The summed E-state index contributed by atoms with van der Waals surface area (Å²) in [5, 5.41) is 2.75. The summed E-state index contributed by atoms with van der Waals surface area (Å²) in [6.07, 6.45) is 0. The van der Waals surface area contributed by atoms with Crippen LogP contribution in [0.2, 0.25) is 0 Å². The molecule has 0 heteroatoms. The lowest BCUT2D eigenvalue weighted by Crippen LogP contribution is -2.26. The van der Waals surface area contributed by atoms with Gasteiger partial charge in [0.25, 0.3) is 0 Å². The van der Waals surface area contributed by atoms with Crippen molar-refractivity contribution in [2.75, 3.05) is 0 Å². The number of fused-ring (bicyclic) bond motifs is 14. The van der Waals surface area contributed by atoms with Crippen LogP contribution in [0.15, 0.2) is 146 Å². The lowest BCUT2D eigenvalue weighted by Gasteiger charge is -2.31. The van der Waals surface area contributed by atoms with E-state index in [2.05, 4.69) is 146 Å². The predicted molar refractivity (Wildman–Crippen MR) is 170 cm³/mol. The molecule has 0 saturated heterocycles. The first-order valence-corrected chi connectivity index (χ1v) is 14.5. The van der Waals surface area contributed by atoms with E-state index in [1.807, 2.05) is 0 Å². The van der Waals surface area contributed by atoms with Gasteiger partial charge in [0, 0.05) is 0 Å². The molecule has 0 fully saturated rings. The molecule has 41 heavy (non-hydrogen) atoms. The SMILES string of the molecule is c1ccc(-c2ccc3c(c2)C2(c4ccccc4-3)c3ccccc3-c3c2cc2c4c(cccc34)-c3ccccc3-2)cc1.